The highest BCUT2D eigenvalue weighted by Gasteiger charge is 2.10. The van der Waals surface area contributed by atoms with E-state index in [-0.39, 0.29) is 18.7 Å². The molecule has 0 aliphatic rings. The number of hydrogen-bond donors (Lipinski definition) is 2. The molecule has 5 nitrogen and oxygen atoms in total. The van der Waals surface area contributed by atoms with E-state index in [9.17, 15) is 9.59 Å². The second-order valence-corrected chi connectivity index (χ2v) is 4.98. The number of pyridine rings is 1. The predicted molar refractivity (Wildman–Crippen MR) is 84.7 cm³/mol. The van der Waals surface area contributed by atoms with E-state index in [2.05, 4.69) is 10.3 Å². The van der Waals surface area contributed by atoms with Gasteiger partial charge in [0.15, 0.2) is 0 Å². The molecule has 5 heteroatoms. The number of fused-ring (bicyclic) bond motifs is 3. The highest BCUT2D eigenvalue weighted by Crippen LogP contribution is 2.28. The normalized spacial score (nSPS) is 10.7. The fourth-order valence-corrected chi connectivity index (χ4v) is 2.43. The van der Waals surface area contributed by atoms with Crippen molar-refractivity contribution < 1.29 is 14.7 Å². The molecular formula is C17H14N2O3. The first kappa shape index (κ1) is 14.0. The molecule has 0 atom stereocenters. The van der Waals surface area contributed by atoms with Gasteiger partial charge in [0.1, 0.15) is 0 Å². The average Bonchev–Trinajstić information content (AvgIpc) is 2.53. The fraction of sp³-hybridized carbons (Fsp3) is 0.118. The lowest BCUT2D eigenvalue weighted by atomic mass is 10.1. The van der Waals surface area contributed by atoms with E-state index in [0.717, 1.165) is 21.7 Å². The quantitative estimate of drug-likeness (QED) is 0.724. The van der Waals surface area contributed by atoms with Gasteiger partial charge < -0.3 is 10.4 Å². The van der Waals surface area contributed by atoms with Crippen LogP contribution in [0.3, 0.4) is 0 Å². The van der Waals surface area contributed by atoms with Crippen molar-refractivity contribution >= 4 is 39.2 Å². The van der Waals surface area contributed by atoms with E-state index in [1.165, 1.54) is 0 Å². The minimum absolute atomic E-state index is 0.0489. The summed E-state index contributed by atoms with van der Waals surface area (Å²) in [6.07, 6.45) is 1.41. The van der Waals surface area contributed by atoms with Crippen LogP contribution in [0.1, 0.15) is 12.8 Å². The molecule has 0 aliphatic heterocycles. The van der Waals surface area contributed by atoms with Crippen molar-refractivity contribution in [3.63, 3.8) is 0 Å². The number of anilines is 1. The number of hydrogen-bond acceptors (Lipinski definition) is 3. The lowest BCUT2D eigenvalue weighted by molar-refractivity contribution is -0.138. The largest absolute Gasteiger partial charge is 0.481 e. The third-order valence-corrected chi connectivity index (χ3v) is 3.48. The van der Waals surface area contributed by atoms with Crippen LogP contribution in [0.25, 0.3) is 21.7 Å². The second kappa shape index (κ2) is 5.81. The maximum absolute atomic E-state index is 11.8. The van der Waals surface area contributed by atoms with Crippen molar-refractivity contribution in [3.8, 4) is 0 Å². The SMILES string of the molecule is O=C(O)CCC(=O)Nc1ccnc2c1ccc1ccccc12. The Labute approximate surface area is 126 Å². The van der Waals surface area contributed by atoms with Gasteiger partial charge in [-0.3, -0.25) is 14.6 Å². The Hall–Kier alpha value is -2.95. The van der Waals surface area contributed by atoms with Crippen LogP contribution in [0.5, 0.6) is 0 Å². The summed E-state index contributed by atoms with van der Waals surface area (Å²) in [4.78, 5) is 26.8. The van der Waals surface area contributed by atoms with Gasteiger partial charge in [-0.25, -0.2) is 0 Å². The molecule has 0 radical (unpaired) electrons. The van der Waals surface area contributed by atoms with Gasteiger partial charge in [0.05, 0.1) is 17.6 Å². The molecule has 2 N–H and O–H groups in total. The zero-order valence-electron chi connectivity index (χ0n) is 11.7. The van der Waals surface area contributed by atoms with Crippen LogP contribution in [0, 0.1) is 0 Å². The smallest absolute Gasteiger partial charge is 0.303 e. The van der Waals surface area contributed by atoms with Gasteiger partial charge in [0.25, 0.3) is 0 Å². The molecule has 0 unspecified atom stereocenters. The molecule has 1 aromatic heterocycles. The van der Waals surface area contributed by atoms with E-state index in [1.807, 2.05) is 36.4 Å². The summed E-state index contributed by atoms with van der Waals surface area (Å²) in [5, 5.41) is 14.3. The van der Waals surface area contributed by atoms with Crippen molar-refractivity contribution in [2.75, 3.05) is 5.32 Å². The number of carbonyl (C=O) groups is 2. The first-order chi connectivity index (χ1) is 10.6. The lowest BCUT2D eigenvalue weighted by Gasteiger charge is -2.09. The van der Waals surface area contributed by atoms with E-state index in [0.29, 0.717) is 5.69 Å². The average molecular weight is 294 g/mol. The molecule has 3 rings (SSSR count). The highest BCUT2D eigenvalue weighted by molar-refractivity contribution is 6.11. The zero-order valence-corrected chi connectivity index (χ0v) is 11.7. The number of carbonyl (C=O) groups excluding carboxylic acids is 1. The van der Waals surface area contributed by atoms with E-state index >= 15 is 0 Å². The Kier molecular flexibility index (Phi) is 3.70. The first-order valence-corrected chi connectivity index (χ1v) is 6.93. The van der Waals surface area contributed by atoms with Gasteiger partial charge >= 0.3 is 5.97 Å². The Morgan fingerprint density at radius 1 is 1.00 bits per heavy atom. The third-order valence-electron chi connectivity index (χ3n) is 3.48. The van der Waals surface area contributed by atoms with Crippen molar-refractivity contribution in [2.45, 2.75) is 12.8 Å². The molecule has 1 amide bonds. The first-order valence-electron chi connectivity index (χ1n) is 6.93. The molecule has 0 aliphatic carbocycles. The maximum atomic E-state index is 11.8. The van der Waals surface area contributed by atoms with Crippen molar-refractivity contribution in [2.24, 2.45) is 0 Å². The minimum atomic E-state index is -0.985. The Bertz CT molecular complexity index is 874. The number of benzene rings is 2. The summed E-state index contributed by atoms with van der Waals surface area (Å²) >= 11 is 0. The zero-order chi connectivity index (χ0) is 15.5. The molecule has 1 heterocycles. The minimum Gasteiger partial charge on any atom is -0.481 e. The Morgan fingerprint density at radius 2 is 1.82 bits per heavy atom. The van der Waals surface area contributed by atoms with Crippen LogP contribution in [0.4, 0.5) is 5.69 Å². The summed E-state index contributed by atoms with van der Waals surface area (Å²) in [6, 6.07) is 13.5. The molecule has 0 saturated carbocycles. The monoisotopic (exact) mass is 294 g/mol. The van der Waals surface area contributed by atoms with E-state index in [4.69, 9.17) is 5.11 Å². The number of aliphatic carboxylic acids is 1. The van der Waals surface area contributed by atoms with E-state index in [1.54, 1.807) is 12.3 Å². The lowest BCUT2D eigenvalue weighted by Crippen LogP contribution is -2.13. The Morgan fingerprint density at radius 3 is 2.64 bits per heavy atom. The number of nitrogens with zero attached hydrogens (tertiary/aromatic N) is 1. The van der Waals surface area contributed by atoms with Crippen molar-refractivity contribution in [3.05, 3.63) is 48.7 Å². The second-order valence-electron chi connectivity index (χ2n) is 4.98. The van der Waals surface area contributed by atoms with Crippen molar-refractivity contribution in [1.29, 1.82) is 0 Å². The van der Waals surface area contributed by atoms with Crippen LogP contribution >= 0.6 is 0 Å². The summed E-state index contributed by atoms with van der Waals surface area (Å²) in [6.45, 7) is 0. The highest BCUT2D eigenvalue weighted by atomic mass is 16.4. The van der Waals surface area contributed by atoms with Crippen molar-refractivity contribution in [1.82, 2.24) is 4.98 Å². The number of aromatic nitrogens is 1. The van der Waals surface area contributed by atoms with Gasteiger partial charge in [-0.05, 0) is 11.5 Å². The number of carboxylic acid groups (broad SMARTS) is 1. The molecule has 3 aromatic rings. The molecule has 2 aromatic carbocycles. The third kappa shape index (κ3) is 2.74. The van der Waals surface area contributed by atoms with Gasteiger partial charge in [0, 0.05) is 23.4 Å². The van der Waals surface area contributed by atoms with Gasteiger partial charge in [-0.2, -0.15) is 0 Å². The van der Waals surface area contributed by atoms with Crippen LogP contribution in [-0.4, -0.2) is 22.0 Å². The fourth-order valence-electron chi connectivity index (χ4n) is 2.43. The number of amides is 1. The summed E-state index contributed by atoms with van der Waals surface area (Å²) in [5.74, 6) is -1.30. The molecule has 0 saturated heterocycles. The van der Waals surface area contributed by atoms with Crippen LogP contribution in [0.15, 0.2) is 48.7 Å². The number of nitrogens with one attached hydrogen (secondary N) is 1. The summed E-state index contributed by atoms with van der Waals surface area (Å²) in [5.41, 5.74) is 1.46. The molecule has 0 fully saturated rings. The number of carboxylic acids is 1. The van der Waals surface area contributed by atoms with Gasteiger partial charge in [-0.1, -0.05) is 36.4 Å². The molecule has 22 heavy (non-hydrogen) atoms. The Balaban J connectivity index is 1.98. The van der Waals surface area contributed by atoms with Crippen LogP contribution in [-0.2, 0) is 9.59 Å². The van der Waals surface area contributed by atoms with Crippen LogP contribution in [0.2, 0.25) is 0 Å². The summed E-state index contributed by atoms with van der Waals surface area (Å²) in [7, 11) is 0. The molecule has 0 spiro atoms. The standard InChI is InChI=1S/C17H14N2O3/c20-15(7-8-16(21)22)19-14-9-10-18-17-12-4-2-1-3-11(12)5-6-13(14)17/h1-6,9-10H,7-8H2,(H,21,22)(H,18,19,20). The van der Waals surface area contributed by atoms with Crippen LogP contribution < -0.4 is 5.32 Å². The summed E-state index contributed by atoms with van der Waals surface area (Å²) < 4.78 is 0. The molecular weight excluding hydrogens is 280 g/mol. The molecule has 110 valence electrons. The van der Waals surface area contributed by atoms with Gasteiger partial charge in [0.2, 0.25) is 5.91 Å². The topological polar surface area (TPSA) is 79.3 Å². The van der Waals surface area contributed by atoms with E-state index < -0.39 is 5.97 Å². The number of rotatable bonds is 4. The molecule has 0 bridgehead atoms. The maximum Gasteiger partial charge on any atom is 0.303 e. The predicted octanol–water partition coefficient (Wildman–Crippen LogP) is 3.19. The van der Waals surface area contributed by atoms with Gasteiger partial charge in [-0.15, -0.1) is 0 Å².